The Morgan fingerprint density at radius 1 is 1.13 bits per heavy atom. The highest BCUT2D eigenvalue weighted by Crippen LogP contribution is 2.38. The number of aromatic nitrogens is 2. The third-order valence-corrected chi connectivity index (χ3v) is 6.67. The third-order valence-electron chi connectivity index (χ3n) is 6.67. The fourth-order valence-corrected chi connectivity index (χ4v) is 5.28. The van der Waals surface area contributed by atoms with Crippen LogP contribution in [0.2, 0.25) is 0 Å². The molecule has 0 aromatic carbocycles. The van der Waals surface area contributed by atoms with Crippen molar-refractivity contribution in [2.24, 2.45) is 11.8 Å². The number of hydrogen-bond acceptors (Lipinski definition) is 5. The molecule has 0 saturated carbocycles. The van der Waals surface area contributed by atoms with Crippen molar-refractivity contribution < 1.29 is 9.59 Å². The summed E-state index contributed by atoms with van der Waals surface area (Å²) in [5.41, 5.74) is 1.38. The molecule has 3 atom stereocenters. The van der Waals surface area contributed by atoms with Crippen LogP contribution in [0.25, 0.3) is 0 Å². The van der Waals surface area contributed by atoms with Crippen molar-refractivity contribution in [1.29, 1.82) is 0 Å². The van der Waals surface area contributed by atoms with Gasteiger partial charge in [0.05, 0.1) is 17.8 Å². The molecular formula is C23H27N5O2. The smallest absolute Gasteiger partial charge is 0.253 e. The van der Waals surface area contributed by atoms with Crippen LogP contribution in [-0.4, -0.2) is 52.4 Å². The fraction of sp³-hybridized carbons (Fsp3) is 0.478. The second kappa shape index (κ2) is 8.05. The normalized spacial score (nSPS) is 25.6. The number of nitrogens with zero attached hydrogens (tertiary/aromatic N) is 4. The van der Waals surface area contributed by atoms with Crippen LogP contribution in [0, 0.1) is 11.8 Å². The third kappa shape index (κ3) is 3.76. The number of nitrogens with one attached hydrogen (secondary N) is 1. The maximum atomic E-state index is 12.4. The van der Waals surface area contributed by atoms with Crippen molar-refractivity contribution >= 4 is 17.6 Å². The van der Waals surface area contributed by atoms with Gasteiger partial charge < -0.3 is 15.1 Å². The zero-order chi connectivity index (χ0) is 20.5. The van der Waals surface area contributed by atoms with Gasteiger partial charge in [0, 0.05) is 44.5 Å². The van der Waals surface area contributed by atoms with Crippen LogP contribution < -0.4 is 10.2 Å². The molecule has 7 heteroatoms. The van der Waals surface area contributed by atoms with Gasteiger partial charge in [0.2, 0.25) is 5.91 Å². The van der Waals surface area contributed by atoms with Crippen LogP contribution in [0.15, 0.2) is 42.7 Å². The summed E-state index contributed by atoms with van der Waals surface area (Å²) in [6, 6.07) is 9.82. The van der Waals surface area contributed by atoms with E-state index in [1.165, 1.54) is 6.42 Å². The number of carbonyl (C=O) groups excluding carboxylic acids is 2. The number of pyridine rings is 2. The van der Waals surface area contributed by atoms with E-state index < -0.39 is 0 Å². The van der Waals surface area contributed by atoms with Crippen LogP contribution in [0.4, 0.5) is 5.82 Å². The Morgan fingerprint density at radius 3 is 2.87 bits per heavy atom. The highest BCUT2D eigenvalue weighted by molar-refractivity contribution is 5.94. The largest absolute Gasteiger partial charge is 0.356 e. The molecule has 2 aromatic rings. The number of carbonyl (C=O) groups is 2. The molecule has 156 valence electrons. The highest BCUT2D eigenvalue weighted by Gasteiger charge is 2.44. The van der Waals surface area contributed by atoms with Gasteiger partial charge in [0.15, 0.2) is 0 Å². The number of rotatable bonds is 4. The number of piperidine rings is 3. The van der Waals surface area contributed by atoms with Gasteiger partial charge in [-0.25, -0.2) is 4.98 Å². The Kier molecular flexibility index (Phi) is 5.11. The molecule has 3 saturated heterocycles. The lowest BCUT2D eigenvalue weighted by Crippen LogP contribution is -2.60. The van der Waals surface area contributed by atoms with E-state index in [2.05, 4.69) is 25.1 Å². The molecule has 5 rings (SSSR count). The fourth-order valence-electron chi connectivity index (χ4n) is 5.28. The highest BCUT2D eigenvalue weighted by atomic mass is 16.2. The minimum absolute atomic E-state index is 0.147. The number of anilines is 1. The topological polar surface area (TPSA) is 78.4 Å². The monoisotopic (exact) mass is 405 g/mol. The van der Waals surface area contributed by atoms with Crippen molar-refractivity contribution in [1.82, 2.24) is 20.2 Å². The molecule has 0 aliphatic carbocycles. The first-order chi connectivity index (χ1) is 14.7. The van der Waals surface area contributed by atoms with Crippen molar-refractivity contribution in [2.75, 3.05) is 24.5 Å². The van der Waals surface area contributed by atoms with Gasteiger partial charge in [0.25, 0.3) is 5.91 Å². The summed E-state index contributed by atoms with van der Waals surface area (Å²) < 4.78 is 0. The Balaban J connectivity index is 1.23. The Morgan fingerprint density at radius 2 is 2.07 bits per heavy atom. The van der Waals surface area contributed by atoms with Gasteiger partial charge in [-0.2, -0.15) is 0 Å². The van der Waals surface area contributed by atoms with E-state index in [0.29, 0.717) is 42.3 Å². The first kappa shape index (κ1) is 19.0. The maximum absolute atomic E-state index is 12.4. The summed E-state index contributed by atoms with van der Waals surface area (Å²) in [6.45, 7) is 3.13. The number of amides is 2. The van der Waals surface area contributed by atoms with E-state index >= 15 is 0 Å². The molecule has 0 unspecified atom stereocenters. The molecule has 3 aliphatic heterocycles. The number of fused-ring (bicyclic) bond motifs is 4. The average Bonchev–Trinajstić information content (AvgIpc) is 2.79. The van der Waals surface area contributed by atoms with Gasteiger partial charge in [-0.05, 0) is 55.4 Å². The lowest BCUT2D eigenvalue weighted by molar-refractivity contribution is -0.142. The summed E-state index contributed by atoms with van der Waals surface area (Å²) in [5, 5.41) is 2.89. The van der Waals surface area contributed by atoms with E-state index in [-0.39, 0.29) is 5.91 Å². The van der Waals surface area contributed by atoms with Gasteiger partial charge in [-0.15, -0.1) is 0 Å². The molecule has 0 spiro atoms. The van der Waals surface area contributed by atoms with E-state index in [1.54, 1.807) is 12.4 Å². The molecule has 2 bridgehead atoms. The predicted molar refractivity (Wildman–Crippen MR) is 113 cm³/mol. The maximum Gasteiger partial charge on any atom is 0.253 e. The van der Waals surface area contributed by atoms with Crippen LogP contribution >= 0.6 is 0 Å². The molecule has 2 amide bonds. The Bertz CT molecular complexity index is 917. The first-order valence-electron chi connectivity index (χ1n) is 10.9. The zero-order valence-corrected chi connectivity index (χ0v) is 17.0. The van der Waals surface area contributed by atoms with Crippen molar-refractivity contribution in [3.8, 4) is 0 Å². The van der Waals surface area contributed by atoms with Gasteiger partial charge in [-0.3, -0.25) is 14.6 Å². The summed E-state index contributed by atoms with van der Waals surface area (Å²) >= 11 is 0. The van der Waals surface area contributed by atoms with Crippen molar-refractivity contribution in [2.45, 2.75) is 38.3 Å². The van der Waals surface area contributed by atoms with E-state index in [0.717, 1.165) is 44.0 Å². The van der Waals surface area contributed by atoms with Crippen LogP contribution in [0.3, 0.4) is 0 Å². The first-order valence-corrected chi connectivity index (χ1v) is 10.9. The molecule has 0 radical (unpaired) electrons. The molecule has 2 aromatic heterocycles. The molecule has 7 nitrogen and oxygen atoms in total. The van der Waals surface area contributed by atoms with Crippen LogP contribution in [0.5, 0.6) is 0 Å². The molecule has 3 aliphatic rings. The van der Waals surface area contributed by atoms with Gasteiger partial charge in [-0.1, -0.05) is 6.07 Å². The SMILES string of the molecule is O=C(NCc1ccccn1)c1ccc(N2C[C@H]3C[C@H](C2)[C@H]2CCCC(=O)N2C3)nc1. The Hall–Kier alpha value is -2.96. The number of hydrogen-bond donors (Lipinski definition) is 1. The summed E-state index contributed by atoms with van der Waals surface area (Å²) in [4.78, 5) is 38.0. The molecule has 5 heterocycles. The molecule has 1 N–H and O–H groups in total. The second-order valence-electron chi connectivity index (χ2n) is 8.68. The summed E-state index contributed by atoms with van der Waals surface area (Å²) in [6.07, 6.45) is 7.43. The Labute approximate surface area is 176 Å². The molecule has 30 heavy (non-hydrogen) atoms. The average molecular weight is 406 g/mol. The van der Waals surface area contributed by atoms with Gasteiger partial charge >= 0.3 is 0 Å². The van der Waals surface area contributed by atoms with E-state index in [4.69, 9.17) is 0 Å². The van der Waals surface area contributed by atoms with Crippen LogP contribution in [-0.2, 0) is 11.3 Å². The standard InChI is InChI=1S/C23H27N5O2/c29-22-6-3-5-20-18-10-16(14-28(20)22)13-27(15-18)21-8-7-17(11-25-21)23(30)26-12-19-4-1-2-9-24-19/h1-2,4,7-9,11,16,18,20H,3,5-6,10,12-15H2,(H,26,30)/t16-,18-,20-/m1/s1. The van der Waals surface area contributed by atoms with E-state index in [9.17, 15) is 9.59 Å². The van der Waals surface area contributed by atoms with Crippen LogP contribution in [0.1, 0.15) is 41.7 Å². The van der Waals surface area contributed by atoms with Crippen molar-refractivity contribution in [3.05, 3.63) is 54.0 Å². The lowest BCUT2D eigenvalue weighted by Gasteiger charge is -2.52. The molecular weight excluding hydrogens is 378 g/mol. The summed E-state index contributed by atoms with van der Waals surface area (Å²) in [5.74, 6) is 2.14. The minimum atomic E-state index is -0.147. The minimum Gasteiger partial charge on any atom is -0.356 e. The lowest BCUT2D eigenvalue weighted by atomic mass is 9.76. The molecule has 3 fully saturated rings. The second-order valence-corrected chi connectivity index (χ2v) is 8.68. The van der Waals surface area contributed by atoms with Gasteiger partial charge in [0.1, 0.15) is 5.82 Å². The van der Waals surface area contributed by atoms with E-state index in [1.807, 2.05) is 30.3 Å². The zero-order valence-electron chi connectivity index (χ0n) is 17.0. The van der Waals surface area contributed by atoms with Crippen molar-refractivity contribution in [3.63, 3.8) is 0 Å². The summed E-state index contributed by atoms with van der Waals surface area (Å²) in [7, 11) is 0. The quantitative estimate of drug-likeness (QED) is 0.844. The predicted octanol–water partition coefficient (Wildman–Crippen LogP) is 2.24.